The Hall–Kier alpha value is -1.16. The minimum atomic E-state index is 0.336. The molecule has 2 N–H and O–H groups in total. The molecule has 1 aromatic heterocycles. The van der Waals surface area contributed by atoms with E-state index >= 15 is 0 Å². The minimum Gasteiger partial charge on any atom is -0.366 e. The standard InChI is InChI=1S/C14H26N4/c1-6-11(5)18(7-2)13-9-16-14(10(3)4)17-12(13)8-15/h9-11H,6-8,15H2,1-5H3. The summed E-state index contributed by atoms with van der Waals surface area (Å²) in [5.74, 6) is 1.21. The molecular weight excluding hydrogens is 224 g/mol. The van der Waals surface area contributed by atoms with Gasteiger partial charge in [-0.1, -0.05) is 20.8 Å². The molecule has 1 atom stereocenters. The van der Waals surface area contributed by atoms with E-state index in [1.165, 1.54) is 0 Å². The first-order valence-corrected chi connectivity index (χ1v) is 6.87. The van der Waals surface area contributed by atoms with Crippen LogP contribution in [-0.2, 0) is 6.54 Å². The summed E-state index contributed by atoms with van der Waals surface area (Å²) in [5, 5.41) is 0. The quantitative estimate of drug-likeness (QED) is 0.843. The van der Waals surface area contributed by atoms with Gasteiger partial charge >= 0.3 is 0 Å². The van der Waals surface area contributed by atoms with E-state index in [9.17, 15) is 0 Å². The van der Waals surface area contributed by atoms with Gasteiger partial charge in [0.25, 0.3) is 0 Å². The Morgan fingerprint density at radius 3 is 2.39 bits per heavy atom. The zero-order chi connectivity index (χ0) is 13.7. The monoisotopic (exact) mass is 250 g/mol. The van der Waals surface area contributed by atoms with Crippen LogP contribution in [0, 0.1) is 0 Å². The third-order valence-electron chi connectivity index (χ3n) is 3.35. The Labute approximate surface area is 111 Å². The number of anilines is 1. The molecule has 4 nitrogen and oxygen atoms in total. The molecule has 18 heavy (non-hydrogen) atoms. The van der Waals surface area contributed by atoms with Crippen LogP contribution in [0.15, 0.2) is 6.20 Å². The molecule has 0 bridgehead atoms. The molecule has 0 aliphatic heterocycles. The number of aromatic nitrogens is 2. The van der Waals surface area contributed by atoms with Crippen molar-refractivity contribution in [3.05, 3.63) is 17.7 Å². The van der Waals surface area contributed by atoms with E-state index in [-0.39, 0.29) is 0 Å². The Kier molecular flexibility index (Phi) is 5.54. The van der Waals surface area contributed by atoms with Crippen LogP contribution in [0.3, 0.4) is 0 Å². The predicted molar refractivity (Wildman–Crippen MR) is 76.8 cm³/mol. The van der Waals surface area contributed by atoms with Crippen LogP contribution in [0.4, 0.5) is 5.69 Å². The number of hydrogen-bond acceptors (Lipinski definition) is 4. The summed E-state index contributed by atoms with van der Waals surface area (Å²) in [4.78, 5) is 11.4. The van der Waals surface area contributed by atoms with Gasteiger partial charge in [-0.15, -0.1) is 0 Å². The zero-order valence-corrected chi connectivity index (χ0v) is 12.3. The van der Waals surface area contributed by atoms with Crippen LogP contribution in [0.2, 0.25) is 0 Å². The Bertz CT molecular complexity index is 376. The van der Waals surface area contributed by atoms with Crippen molar-refractivity contribution < 1.29 is 0 Å². The molecule has 0 aliphatic carbocycles. The molecule has 1 aromatic rings. The van der Waals surface area contributed by atoms with Gasteiger partial charge in [0.05, 0.1) is 17.6 Å². The number of nitrogens with zero attached hydrogens (tertiary/aromatic N) is 3. The van der Waals surface area contributed by atoms with Gasteiger partial charge in [0.15, 0.2) is 0 Å². The van der Waals surface area contributed by atoms with Gasteiger partial charge in [-0.3, -0.25) is 0 Å². The van der Waals surface area contributed by atoms with E-state index < -0.39 is 0 Å². The maximum Gasteiger partial charge on any atom is 0.131 e. The summed E-state index contributed by atoms with van der Waals surface area (Å²) in [6.45, 7) is 12.2. The van der Waals surface area contributed by atoms with Crippen LogP contribution in [0.5, 0.6) is 0 Å². The lowest BCUT2D eigenvalue weighted by Gasteiger charge is -2.30. The summed E-state index contributed by atoms with van der Waals surface area (Å²) in [6, 6.07) is 0.480. The fraction of sp³-hybridized carbons (Fsp3) is 0.714. The molecular formula is C14H26N4. The minimum absolute atomic E-state index is 0.336. The first kappa shape index (κ1) is 14.9. The van der Waals surface area contributed by atoms with Crippen molar-refractivity contribution in [2.75, 3.05) is 11.4 Å². The van der Waals surface area contributed by atoms with E-state index in [4.69, 9.17) is 5.73 Å². The van der Waals surface area contributed by atoms with Gasteiger partial charge < -0.3 is 10.6 Å². The van der Waals surface area contributed by atoms with E-state index in [2.05, 4.69) is 49.5 Å². The lowest BCUT2D eigenvalue weighted by Crippen LogP contribution is -2.34. The fourth-order valence-corrected chi connectivity index (χ4v) is 2.03. The summed E-state index contributed by atoms with van der Waals surface area (Å²) in [6.07, 6.45) is 3.03. The number of rotatable bonds is 6. The number of hydrogen-bond donors (Lipinski definition) is 1. The molecule has 4 heteroatoms. The molecule has 0 spiro atoms. The van der Waals surface area contributed by atoms with Crippen LogP contribution in [-0.4, -0.2) is 22.6 Å². The molecule has 1 unspecified atom stereocenters. The maximum atomic E-state index is 5.84. The van der Waals surface area contributed by atoms with Crippen molar-refractivity contribution in [3.63, 3.8) is 0 Å². The summed E-state index contributed by atoms with van der Waals surface area (Å²) >= 11 is 0. The third kappa shape index (κ3) is 3.19. The molecule has 1 rings (SSSR count). The smallest absolute Gasteiger partial charge is 0.131 e. The van der Waals surface area contributed by atoms with Gasteiger partial charge in [-0.25, -0.2) is 9.97 Å². The highest BCUT2D eigenvalue weighted by Crippen LogP contribution is 2.22. The van der Waals surface area contributed by atoms with E-state index in [1.54, 1.807) is 0 Å². The van der Waals surface area contributed by atoms with E-state index in [1.807, 2.05) is 6.20 Å². The molecule has 0 saturated heterocycles. The van der Waals surface area contributed by atoms with Gasteiger partial charge in [-0.2, -0.15) is 0 Å². The van der Waals surface area contributed by atoms with Gasteiger partial charge in [-0.05, 0) is 20.3 Å². The van der Waals surface area contributed by atoms with Crippen molar-refractivity contribution >= 4 is 5.69 Å². The van der Waals surface area contributed by atoms with Crippen LogP contribution in [0.25, 0.3) is 0 Å². The normalized spacial score (nSPS) is 12.8. The fourth-order valence-electron chi connectivity index (χ4n) is 2.03. The SMILES string of the molecule is CCC(C)N(CC)c1cnc(C(C)C)nc1CN. The second-order valence-corrected chi connectivity index (χ2v) is 4.96. The Balaban J connectivity index is 3.14. The lowest BCUT2D eigenvalue weighted by molar-refractivity contribution is 0.621. The average Bonchev–Trinajstić information content (AvgIpc) is 2.39. The zero-order valence-electron chi connectivity index (χ0n) is 12.3. The second-order valence-electron chi connectivity index (χ2n) is 4.96. The van der Waals surface area contributed by atoms with E-state index in [0.29, 0.717) is 18.5 Å². The predicted octanol–water partition coefficient (Wildman–Crippen LogP) is 2.68. The second kappa shape index (κ2) is 6.69. The van der Waals surface area contributed by atoms with Crippen LogP contribution >= 0.6 is 0 Å². The third-order valence-corrected chi connectivity index (χ3v) is 3.35. The molecule has 0 amide bonds. The van der Waals surface area contributed by atoms with Crippen molar-refractivity contribution in [2.24, 2.45) is 5.73 Å². The molecule has 0 aromatic carbocycles. The largest absolute Gasteiger partial charge is 0.366 e. The van der Waals surface area contributed by atoms with Gasteiger partial charge in [0.2, 0.25) is 0 Å². The summed E-state index contributed by atoms with van der Waals surface area (Å²) < 4.78 is 0. The maximum absolute atomic E-state index is 5.84. The first-order valence-electron chi connectivity index (χ1n) is 6.87. The molecule has 0 saturated carbocycles. The van der Waals surface area contributed by atoms with Gasteiger partial charge in [0, 0.05) is 25.0 Å². The van der Waals surface area contributed by atoms with Crippen LogP contribution in [0.1, 0.15) is 58.5 Å². The lowest BCUT2D eigenvalue weighted by atomic mass is 10.1. The highest BCUT2D eigenvalue weighted by molar-refractivity contribution is 5.50. The summed E-state index contributed by atoms with van der Waals surface area (Å²) in [5.41, 5.74) is 7.87. The summed E-state index contributed by atoms with van der Waals surface area (Å²) in [7, 11) is 0. The van der Waals surface area contributed by atoms with Crippen LogP contribution < -0.4 is 10.6 Å². The first-order chi connectivity index (χ1) is 8.54. The highest BCUT2D eigenvalue weighted by Gasteiger charge is 2.17. The molecule has 1 heterocycles. The highest BCUT2D eigenvalue weighted by atomic mass is 15.2. The average molecular weight is 250 g/mol. The van der Waals surface area contributed by atoms with Crippen molar-refractivity contribution in [2.45, 2.75) is 59.5 Å². The Morgan fingerprint density at radius 1 is 1.28 bits per heavy atom. The number of nitrogens with two attached hydrogens (primary N) is 1. The van der Waals surface area contributed by atoms with Crippen molar-refractivity contribution in [1.29, 1.82) is 0 Å². The molecule has 0 aliphatic rings. The van der Waals surface area contributed by atoms with Gasteiger partial charge in [0.1, 0.15) is 5.82 Å². The molecule has 0 radical (unpaired) electrons. The topological polar surface area (TPSA) is 55.0 Å². The van der Waals surface area contributed by atoms with E-state index in [0.717, 1.165) is 30.2 Å². The molecule has 0 fully saturated rings. The van der Waals surface area contributed by atoms with Crippen molar-refractivity contribution in [1.82, 2.24) is 9.97 Å². The van der Waals surface area contributed by atoms with Crippen molar-refractivity contribution in [3.8, 4) is 0 Å². The Morgan fingerprint density at radius 2 is 1.94 bits per heavy atom. The molecule has 102 valence electrons.